The summed E-state index contributed by atoms with van der Waals surface area (Å²) in [5.74, 6) is 0.515. The molecule has 0 bridgehead atoms. The number of rotatable bonds is 9. The molecule has 1 heterocycles. The van der Waals surface area contributed by atoms with E-state index in [9.17, 15) is 4.79 Å². The molecule has 0 aliphatic rings. The first kappa shape index (κ1) is 23.1. The number of ether oxygens (including phenoxy) is 2. The Kier molecular flexibility index (Phi) is 8.88. The van der Waals surface area contributed by atoms with Gasteiger partial charge in [-0.05, 0) is 31.0 Å². The summed E-state index contributed by atoms with van der Waals surface area (Å²) < 4.78 is 8.47. The molecule has 0 spiro atoms. The van der Waals surface area contributed by atoms with Gasteiger partial charge in [0.2, 0.25) is 9.75 Å². The predicted molar refractivity (Wildman–Crippen MR) is 117 cm³/mol. The molecule has 29 heavy (non-hydrogen) atoms. The molecule has 8 nitrogen and oxygen atoms in total. The Balaban J connectivity index is 1.72. The summed E-state index contributed by atoms with van der Waals surface area (Å²) >= 11 is 16.5. The van der Waals surface area contributed by atoms with Crippen molar-refractivity contribution in [1.29, 1.82) is 0 Å². The van der Waals surface area contributed by atoms with Crippen molar-refractivity contribution >= 4 is 63.8 Å². The van der Waals surface area contributed by atoms with E-state index >= 15 is 0 Å². The smallest absolute Gasteiger partial charge is 0.305 e. The standard InChI is InChI=1S/C18H22Cl3N5O3/c1-28-13-5-6-15-14(8-13)12(9-24-15)10-25-26-17(22)23-7-3-2-4-16(27)29-11-18(19,20)21/h5-6,8-10,24H,2-4,7,11H2,1H3,(H3,22,23,26). The fourth-order valence-corrected chi connectivity index (χ4v) is 2.54. The van der Waals surface area contributed by atoms with Crippen LogP contribution in [0.3, 0.4) is 0 Å². The summed E-state index contributed by atoms with van der Waals surface area (Å²) in [6.07, 6.45) is 4.92. The number of hydrogen-bond acceptors (Lipinski definition) is 5. The summed E-state index contributed by atoms with van der Waals surface area (Å²) in [5.41, 5.74) is 10.3. The van der Waals surface area contributed by atoms with Crippen molar-refractivity contribution in [3.8, 4) is 5.75 Å². The number of unbranched alkanes of at least 4 members (excludes halogenated alkanes) is 1. The Morgan fingerprint density at radius 2 is 2.14 bits per heavy atom. The maximum Gasteiger partial charge on any atom is 0.305 e. The van der Waals surface area contributed by atoms with E-state index in [1.54, 1.807) is 13.3 Å². The molecule has 1 aromatic carbocycles. The molecular formula is C18H22Cl3N5O3. The lowest BCUT2D eigenvalue weighted by molar-refractivity contribution is -0.143. The van der Waals surface area contributed by atoms with Gasteiger partial charge in [-0.3, -0.25) is 9.79 Å². The predicted octanol–water partition coefficient (Wildman–Crippen LogP) is 3.50. The zero-order valence-electron chi connectivity index (χ0n) is 15.8. The molecule has 0 atom stereocenters. The van der Waals surface area contributed by atoms with Gasteiger partial charge in [-0.15, -0.1) is 0 Å². The van der Waals surface area contributed by atoms with Gasteiger partial charge in [0.05, 0.1) is 13.3 Å². The Hall–Kier alpha value is -2.16. The number of nitrogens with one attached hydrogen (secondary N) is 2. The fourth-order valence-electron chi connectivity index (χ4n) is 2.37. The van der Waals surface area contributed by atoms with Crippen LogP contribution in [0.1, 0.15) is 24.8 Å². The number of carbonyl (C=O) groups excluding carboxylic acids is 1. The average Bonchev–Trinajstić information content (AvgIpc) is 3.07. The number of esters is 1. The minimum absolute atomic E-state index is 0.178. The van der Waals surface area contributed by atoms with Crippen LogP contribution in [0.15, 0.2) is 34.5 Å². The number of aliphatic imine (C=N–C) groups is 1. The molecule has 158 valence electrons. The van der Waals surface area contributed by atoms with Gasteiger partial charge in [-0.2, -0.15) is 5.10 Å². The number of fused-ring (bicyclic) bond motifs is 1. The van der Waals surface area contributed by atoms with E-state index in [4.69, 9.17) is 50.0 Å². The molecule has 0 unspecified atom stereocenters. The number of hydrogen-bond donors (Lipinski definition) is 3. The SMILES string of the molecule is COc1ccc2[nH]cc(C=NNC(N)=NCCCCC(=O)OCC(Cl)(Cl)Cl)c2c1. The number of methoxy groups -OCH3 is 1. The minimum Gasteiger partial charge on any atom is -0.497 e. The van der Waals surface area contributed by atoms with Crippen LogP contribution in [0, 0.1) is 0 Å². The Bertz CT molecular complexity index is 877. The van der Waals surface area contributed by atoms with Crippen LogP contribution in [-0.4, -0.2) is 47.2 Å². The highest BCUT2D eigenvalue weighted by molar-refractivity contribution is 6.67. The van der Waals surface area contributed by atoms with Crippen LogP contribution in [0.2, 0.25) is 0 Å². The van der Waals surface area contributed by atoms with E-state index in [-0.39, 0.29) is 19.0 Å². The van der Waals surface area contributed by atoms with Crippen molar-refractivity contribution in [2.24, 2.45) is 15.8 Å². The number of H-pyrrole nitrogens is 1. The first-order chi connectivity index (χ1) is 13.8. The second-order valence-electron chi connectivity index (χ2n) is 6.03. The highest BCUT2D eigenvalue weighted by Gasteiger charge is 2.21. The van der Waals surface area contributed by atoms with Gasteiger partial charge >= 0.3 is 5.97 Å². The van der Waals surface area contributed by atoms with Gasteiger partial charge in [-0.25, -0.2) is 5.43 Å². The number of halogens is 3. The molecule has 4 N–H and O–H groups in total. The third-order valence-corrected chi connectivity index (χ3v) is 4.10. The fraction of sp³-hybridized carbons (Fsp3) is 0.389. The molecule has 0 radical (unpaired) electrons. The van der Waals surface area contributed by atoms with E-state index in [2.05, 4.69) is 20.5 Å². The molecule has 2 aromatic rings. The van der Waals surface area contributed by atoms with Crippen LogP contribution in [-0.2, 0) is 9.53 Å². The number of carbonyl (C=O) groups is 1. The number of nitrogens with zero attached hydrogens (tertiary/aromatic N) is 2. The summed E-state index contributed by atoms with van der Waals surface area (Å²) in [7, 11) is 1.62. The van der Waals surface area contributed by atoms with Gasteiger partial charge in [-0.1, -0.05) is 34.8 Å². The quantitative estimate of drug-likeness (QED) is 0.132. The topological polar surface area (TPSA) is 114 Å². The normalized spacial score (nSPS) is 12.5. The lowest BCUT2D eigenvalue weighted by atomic mass is 10.2. The second-order valence-corrected chi connectivity index (χ2v) is 8.54. The Morgan fingerprint density at radius 1 is 1.34 bits per heavy atom. The molecule has 0 amide bonds. The lowest BCUT2D eigenvalue weighted by Gasteiger charge is -2.10. The number of hydrazone groups is 1. The van der Waals surface area contributed by atoms with Gasteiger partial charge in [0.1, 0.15) is 12.4 Å². The van der Waals surface area contributed by atoms with Crippen molar-refractivity contribution in [2.45, 2.75) is 23.1 Å². The van der Waals surface area contributed by atoms with Crippen LogP contribution in [0.5, 0.6) is 5.75 Å². The molecular weight excluding hydrogens is 441 g/mol. The van der Waals surface area contributed by atoms with Gasteiger partial charge in [0.15, 0.2) is 0 Å². The number of alkyl halides is 3. The van der Waals surface area contributed by atoms with E-state index < -0.39 is 9.76 Å². The van der Waals surface area contributed by atoms with Crippen molar-refractivity contribution < 1.29 is 14.3 Å². The number of guanidine groups is 1. The maximum atomic E-state index is 11.5. The number of aromatic amines is 1. The highest BCUT2D eigenvalue weighted by Crippen LogP contribution is 2.26. The maximum absolute atomic E-state index is 11.5. The number of nitrogens with two attached hydrogens (primary N) is 1. The van der Waals surface area contributed by atoms with Crippen molar-refractivity contribution in [3.05, 3.63) is 30.0 Å². The van der Waals surface area contributed by atoms with Crippen molar-refractivity contribution in [1.82, 2.24) is 10.4 Å². The van der Waals surface area contributed by atoms with Crippen molar-refractivity contribution in [3.63, 3.8) is 0 Å². The van der Waals surface area contributed by atoms with E-state index in [0.717, 1.165) is 22.2 Å². The molecule has 0 aliphatic carbocycles. The van der Waals surface area contributed by atoms with E-state index in [1.165, 1.54) is 0 Å². The largest absolute Gasteiger partial charge is 0.497 e. The van der Waals surface area contributed by atoms with Crippen LogP contribution in [0.25, 0.3) is 10.9 Å². The van der Waals surface area contributed by atoms with Crippen LogP contribution in [0.4, 0.5) is 0 Å². The minimum atomic E-state index is -1.60. The molecule has 0 aliphatic heterocycles. The summed E-state index contributed by atoms with van der Waals surface area (Å²) in [6.45, 7) is 0.170. The molecule has 1 aromatic heterocycles. The third-order valence-electron chi connectivity index (χ3n) is 3.77. The molecule has 0 fully saturated rings. The first-order valence-electron chi connectivity index (χ1n) is 8.75. The van der Waals surface area contributed by atoms with E-state index in [0.29, 0.717) is 19.4 Å². The van der Waals surface area contributed by atoms with Gasteiger partial charge < -0.3 is 20.2 Å². The average molecular weight is 463 g/mol. The number of aromatic nitrogens is 1. The summed E-state index contributed by atoms with van der Waals surface area (Å²) in [5, 5.41) is 5.07. The highest BCUT2D eigenvalue weighted by atomic mass is 35.6. The molecule has 11 heteroatoms. The molecule has 0 saturated heterocycles. The van der Waals surface area contributed by atoms with E-state index in [1.807, 2.05) is 24.4 Å². The second kappa shape index (κ2) is 11.1. The third kappa shape index (κ3) is 8.39. The van der Waals surface area contributed by atoms with Crippen LogP contribution < -0.4 is 15.9 Å². The Morgan fingerprint density at radius 3 is 2.86 bits per heavy atom. The van der Waals surface area contributed by atoms with Crippen LogP contribution >= 0.6 is 34.8 Å². The summed E-state index contributed by atoms with van der Waals surface area (Å²) in [4.78, 5) is 18.8. The summed E-state index contributed by atoms with van der Waals surface area (Å²) in [6, 6.07) is 5.73. The first-order valence-corrected chi connectivity index (χ1v) is 9.88. The van der Waals surface area contributed by atoms with Crippen molar-refractivity contribution in [2.75, 3.05) is 20.3 Å². The van der Waals surface area contributed by atoms with Gasteiger partial charge in [0.25, 0.3) is 0 Å². The monoisotopic (exact) mass is 461 g/mol. The number of benzene rings is 1. The van der Waals surface area contributed by atoms with Gasteiger partial charge in [0, 0.05) is 35.6 Å². The molecule has 0 saturated carbocycles. The lowest BCUT2D eigenvalue weighted by Crippen LogP contribution is -2.27. The zero-order valence-corrected chi connectivity index (χ0v) is 18.0. The Labute approximate surface area is 183 Å². The zero-order chi connectivity index (χ0) is 21.3. The molecule has 2 rings (SSSR count).